The molecule has 0 aromatic carbocycles. The van der Waals surface area contributed by atoms with Crippen LogP contribution in [0.1, 0.15) is 41.0 Å². The first-order valence-electron chi connectivity index (χ1n) is 4.53. The SMILES string of the molecule is CCC(C)C(=O)COC(C)(C)C. The van der Waals surface area contributed by atoms with Gasteiger partial charge in [0.1, 0.15) is 6.61 Å². The van der Waals surface area contributed by atoms with Crippen LogP contribution < -0.4 is 0 Å². The minimum atomic E-state index is -0.205. The van der Waals surface area contributed by atoms with E-state index in [0.29, 0.717) is 0 Å². The lowest BCUT2D eigenvalue weighted by molar-refractivity contribution is -0.131. The third-order valence-corrected chi connectivity index (χ3v) is 1.81. The van der Waals surface area contributed by atoms with Gasteiger partial charge in [-0.1, -0.05) is 13.8 Å². The summed E-state index contributed by atoms with van der Waals surface area (Å²) in [6, 6.07) is 0. The van der Waals surface area contributed by atoms with Crippen LogP contribution in [0, 0.1) is 5.92 Å². The quantitative estimate of drug-likeness (QED) is 0.651. The van der Waals surface area contributed by atoms with Crippen molar-refractivity contribution in [1.29, 1.82) is 0 Å². The first-order chi connectivity index (χ1) is 5.37. The molecule has 0 fully saturated rings. The maximum absolute atomic E-state index is 11.3. The summed E-state index contributed by atoms with van der Waals surface area (Å²) in [6.45, 7) is 10.1. The van der Waals surface area contributed by atoms with Crippen LogP contribution in [0.2, 0.25) is 0 Å². The fourth-order valence-corrected chi connectivity index (χ4v) is 0.658. The van der Waals surface area contributed by atoms with E-state index in [0.717, 1.165) is 6.42 Å². The Morgan fingerprint density at radius 3 is 2.25 bits per heavy atom. The molecule has 0 heterocycles. The predicted molar refractivity (Wildman–Crippen MR) is 50.2 cm³/mol. The lowest BCUT2D eigenvalue weighted by Gasteiger charge is -2.19. The van der Waals surface area contributed by atoms with Gasteiger partial charge >= 0.3 is 0 Å². The second-order valence-corrected chi connectivity index (χ2v) is 4.18. The number of rotatable bonds is 4. The molecule has 2 heteroatoms. The van der Waals surface area contributed by atoms with Gasteiger partial charge in [0.2, 0.25) is 0 Å². The number of Topliss-reactive ketones (excluding diaryl/α,β-unsaturated/α-hetero) is 1. The zero-order chi connectivity index (χ0) is 9.78. The van der Waals surface area contributed by atoms with Crippen LogP contribution in [0.25, 0.3) is 0 Å². The second kappa shape index (κ2) is 4.61. The first kappa shape index (κ1) is 11.6. The molecule has 0 aromatic rings. The maximum Gasteiger partial charge on any atom is 0.161 e. The molecular weight excluding hydrogens is 152 g/mol. The van der Waals surface area contributed by atoms with Gasteiger partial charge in [0.05, 0.1) is 5.60 Å². The van der Waals surface area contributed by atoms with E-state index in [1.807, 2.05) is 34.6 Å². The fraction of sp³-hybridized carbons (Fsp3) is 0.900. The number of ketones is 1. The van der Waals surface area contributed by atoms with E-state index in [2.05, 4.69) is 0 Å². The normalized spacial score (nSPS) is 14.4. The molecule has 0 saturated carbocycles. The molecule has 0 bridgehead atoms. The van der Waals surface area contributed by atoms with Crippen LogP contribution in [-0.4, -0.2) is 18.0 Å². The largest absolute Gasteiger partial charge is 0.368 e. The molecule has 0 N–H and O–H groups in total. The van der Waals surface area contributed by atoms with Crippen molar-refractivity contribution in [3.63, 3.8) is 0 Å². The van der Waals surface area contributed by atoms with E-state index in [1.54, 1.807) is 0 Å². The number of hydrogen-bond acceptors (Lipinski definition) is 2. The standard InChI is InChI=1S/C10H20O2/c1-6-8(2)9(11)7-12-10(3,4)5/h8H,6-7H2,1-5H3. The van der Waals surface area contributed by atoms with Crippen molar-refractivity contribution in [3.8, 4) is 0 Å². The molecule has 0 spiro atoms. The minimum Gasteiger partial charge on any atom is -0.368 e. The summed E-state index contributed by atoms with van der Waals surface area (Å²) in [5, 5.41) is 0. The van der Waals surface area contributed by atoms with Gasteiger partial charge in [-0.2, -0.15) is 0 Å². The van der Waals surface area contributed by atoms with Crippen LogP contribution in [-0.2, 0) is 9.53 Å². The summed E-state index contributed by atoms with van der Waals surface area (Å²) in [7, 11) is 0. The van der Waals surface area contributed by atoms with Crippen molar-refractivity contribution < 1.29 is 9.53 Å². The zero-order valence-electron chi connectivity index (χ0n) is 8.81. The summed E-state index contributed by atoms with van der Waals surface area (Å²) in [6.07, 6.45) is 0.895. The molecule has 0 aromatic heterocycles. The zero-order valence-corrected chi connectivity index (χ0v) is 8.81. The molecule has 0 aliphatic heterocycles. The van der Waals surface area contributed by atoms with Crippen LogP contribution in [0.15, 0.2) is 0 Å². The number of ether oxygens (including phenoxy) is 1. The number of carbonyl (C=O) groups is 1. The number of hydrogen-bond donors (Lipinski definition) is 0. The molecule has 0 rings (SSSR count). The van der Waals surface area contributed by atoms with Crippen LogP contribution in [0.3, 0.4) is 0 Å². The molecule has 72 valence electrons. The summed E-state index contributed by atoms with van der Waals surface area (Å²) >= 11 is 0. The Labute approximate surface area is 75.3 Å². The Kier molecular flexibility index (Phi) is 4.46. The fourth-order valence-electron chi connectivity index (χ4n) is 0.658. The van der Waals surface area contributed by atoms with Crippen molar-refractivity contribution in [2.45, 2.75) is 46.6 Å². The number of carbonyl (C=O) groups excluding carboxylic acids is 1. The van der Waals surface area contributed by atoms with Gasteiger partial charge in [0.25, 0.3) is 0 Å². The Bertz CT molecular complexity index is 144. The van der Waals surface area contributed by atoms with Gasteiger partial charge in [-0.25, -0.2) is 0 Å². The van der Waals surface area contributed by atoms with E-state index < -0.39 is 0 Å². The van der Waals surface area contributed by atoms with Gasteiger partial charge in [-0.05, 0) is 27.2 Å². The van der Waals surface area contributed by atoms with Gasteiger partial charge in [0, 0.05) is 5.92 Å². The Balaban J connectivity index is 3.72. The molecular formula is C10H20O2. The third-order valence-electron chi connectivity index (χ3n) is 1.81. The van der Waals surface area contributed by atoms with E-state index in [-0.39, 0.29) is 23.9 Å². The van der Waals surface area contributed by atoms with E-state index in [1.165, 1.54) is 0 Å². The van der Waals surface area contributed by atoms with Crippen molar-refractivity contribution in [2.24, 2.45) is 5.92 Å². The van der Waals surface area contributed by atoms with Crippen LogP contribution in [0.5, 0.6) is 0 Å². The van der Waals surface area contributed by atoms with E-state index in [4.69, 9.17) is 4.74 Å². The van der Waals surface area contributed by atoms with Crippen molar-refractivity contribution in [3.05, 3.63) is 0 Å². The smallest absolute Gasteiger partial charge is 0.161 e. The lowest BCUT2D eigenvalue weighted by Crippen LogP contribution is -2.26. The summed E-state index contributed by atoms with van der Waals surface area (Å²) in [5.41, 5.74) is -0.205. The molecule has 1 atom stereocenters. The molecule has 12 heavy (non-hydrogen) atoms. The summed E-state index contributed by atoms with van der Waals surface area (Å²) in [5.74, 6) is 0.333. The molecule has 1 unspecified atom stereocenters. The van der Waals surface area contributed by atoms with E-state index >= 15 is 0 Å². The molecule has 0 aliphatic rings. The molecule has 0 radical (unpaired) electrons. The van der Waals surface area contributed by atoms with E-state index in [9.17, 15) is 4.79 Å². The second-order valence-electron chi connectivity index (χ2n) is 4.18. The highest BCUT2D eigenvalue weighted by Gasteiger charge is 2.15. The third kappa shape index (κ3) is 5.30. The van der Waals surface area contributed by atoms with Gasteiger partial charge in [-0.15, -0.1) is 0 Å². The molecule has 2 nitrogen and oxygen atoms in total. The highest BCUT2D eigenvalue weighted by Crippen LogP contribution is 2.09. The Morgan fingerprint density at radius 2 is 1.92 bits per heavy atom. The highest BCUT2D eigenvalue weighted by atomic mass is 16.5. The summed E-state index contributed by atoms with van der Waals surface area (Å²) < 4.78 is 5.36. The molecule has 0 saturated heterocycles. The highest BCUT2D eigenvalue weighted by molar-refractivity contribution is 5.81. The van der Waals surface area contributed by atoms with Gasteiger partial charge in [0.15, 0.2) is 5.78 Å². The minimum absolute atomic E-state index is 0.132. The van der Waals surface area contributed by atoms with Gasteiger partial charge < -0.3 is 4.74 Å². The maximum atomic E-state index is 11.3. The van der Waals surface area contributed by atoms with Crippen molar-refractivity contribution in [1.82, 2.24) is 0 Å². The lowest BCUT2D eigenvalue weighted by atomic mass is 10.0. The van der Waals surface area contributed by atoms with Crippen LogP contribution in [0.4, 0.5) is 0 Å². The average Bonchev–Trinajstić information content (AvgIpc) is 1.97. The Morgan fingerprint density at radius 1 is 1.42 bits per heavy atom. The van der Waals surface area contributed by atoms with Gasteiger partial charge in [-0.3, -0.25) is 4.79 Å². The first-order valence-corrected chi connectivity index (χ1v) is 4.53. The van der Waals surface area contributed by atoms with Crippen LogP contribution >= 0.6 is 0 Å². The molecule has 0 aliphatic carbocycles. The average molecular weight is 172 g/mol. The Hall–Kier alpha value is -0.370. The molecule has 0 amide bonds. The topological polar surface area (TPSA) is 26.3 Å². The van der Waals surface area contributed by atoms with Crippen molar-refractivity contribution in [2.75, 3.05) is 6.61 Å². The monoisotopic (exact) mass is 172 g/mol. The van der Waals surface area contributed by atoms with Crippen molar-refractivity contribution >= 4 is 5.78 Å². The predicted octanol–water partition coefficient (Wildman–Crippen LogP) is 2.42. The summed E-state index contributed by atoms with van der Waals surface area (Å²) in [4.78, 5) is 11.3.